The lowest BCUT2D eigenvalue weighted by atomic mass is 9.90. The van der Waals surface area contributed by atoms with Crippen LogP contribution < -0.4 is 0 Å². The maximum Gasteiger partial charge on any atom is 0.136 e. The van der Waals surface area contributed by atoms with E-state index in [4.69, 9.17) is 4.42 Å². The van der Waals surface area contributed by atoms with Crippen LogP contribution in [0.1, 0.15) is 5.56 Å². The Bertz CT molecular complexity index is 2300. The minimum atomic E-state index is 0.646. The second-order valence-electron chi connectivity index (χ2n) is 10.1. The maximum absolute atomic E-state index is 9.62. The normalized spacial score (nSPS) is 11.5. The average Bonchev–Trinajstić information content (AvgIpc) is 3.58. The van der Waals surface area contributed by atoms with Crippen LogP contribution in [0.4, 0.5) is 0 Å². The van der Waals surface area contributed by atoms with Crippen molar-refractivity contribution in [1.29, 1.82) is 5.26 Å². The topological polar surface area (TPSA) is 36.9 Å². The van der Waals surface area contributed by atoms with E-state index in [0.29, 0.717) is 5.56 Å². The summed E-state index contributed by atoms with van der Waals surface area (Å²) in [6.07, 6.45) is 0. The Balaban J connectivity index is 1.33. The van der Waals surface area contributed by atoms with Crippen LogP contribution in [0.2, 0.25) is 0 Å². The van der Waals surface area contributed by atoms with Crippen LogP contribution in [0.3, 0.4) is 0 Å². The number of rotatable bonds is 3. The highest BCUT2D eigenvalue weighted by atomic mass is 32.1. The summed E-state index contributed by atoms with van der Waals surface area (Å²) >= 11 is 1.83. The molecular formula is C37H21NOS. The van der Waals surface area contributed by atoms with Crippen molar-refractivity contribution < 1.29 is 4.42 Å². The van der Waals surface area contributed by atoms with Gasteiger partial charge in [-0.3, -0.25) is 0 Å². The van der Waals surface area contributed by atoms with Gasteiger partial charge in [0.25, 0.3) is 0 Å². The van der Waals surface area contributed by atoms with Crippen LogP contribution in [0.5, 0.6) is 0 Å². The molecule has 186 valence electrons. The molecule has 2 nitrogen and oxygen atoms in total. The highest BCUT2D eigenvalue weighted by Gasteiger charge is 2.14. The molecule has 0 fully saturated rings. The van der Waals surface area contributed by atoms with Crippen LogP contribution in [-0.4, -0.2) is 0 Å². The molecule has 6 aromatic carbocycles. The average molecular weight is 528 g/mol. The smallest absolute Gasteiger partial charge is 0.136 e. The highest BCUT2D eigenvalue weighted by Crippen LogP contribution is 2.41. The van der Waals surface area contributed by atoms with Crippen molar-refractivity contribution in [2.24, 2.45) is 0 Å². The molecule has 40 heavy (non-hydrogen) atoms. The van der Waals surface area contributed by atoms with E-state index < -0.39 is 0 Å². The van der Waals surface area contributed by atoms with Crippen molar-refractivity contribution >= 4 is 53.4 Å². The Hall–Kier alpha value is -5.17. The molecule has 0 aliphatic rings. The van der Waals surface area contributed by atoms with E-state index in [1.807, 2.05) is 47.7 Å². The molecule has 0 unspecified atom stereocenters. The third-order valence-electron chi connectivity index (χ3n) is 7.72. The zero-order chi connectivity index (χ0) is 26.6. The van der Waals surface area contributed by atoms with Crippen LogP contribution in [0, 0.1) is 11.3 Å². The van der Waals surface area contributed by atoms with E-state index in [9.17, 15) is 5.26 Å². The highest BCUT2D eigenvalue weighted by molar-refractivity contribution is 7.25. The number of furan rings is 1. The van der Waals surface area contributed by atoms with Gasteiger partial charge in [-0.25, -0.2) is 0 Å². The van der Waals surface area contributed by atoms with E-state index in [1.165, 1.54) is 25.7 Å². The molecular weight excluding hydrogens is 506 g/mol. The molecule has 8 aromatic rings. The van der Waals surface area contributed by atoms with Gasteiger partial charge in [0.05, 0.1) is 11.6 Å². The molecule has 0 saturated heterocycles. The summed E-state index contributed by atoms with van der Waals surface area (Å²) in [7, 11) is 0. The Labute approximate surface area is 235 Å². The number of nitriles is 1. The second-order valence-corrected chi connectivity index (χ2v) is 11.2. The zero-order valence-corrected chi connectivity index (χ0v) is 22.2. The second kappa shape index (κ2) is 8.95. The monoisotopic (exact) mass is 527 g/mol. The Morgan fingerprint density at radius 1 is 0.475 bits per heavy atom. The van der Waals surface area contributed by atoms with Crippen molar-refractivity contribution in [2.45, 2.75) is 0 Å². The lowest BCUT2D eigenvalue weighted by molar-refractivity contribution is 0.669. The minimum Gasteiger partial charge on any atom is -0.456 e. The summed E-state index contributed by atoms with van der Waals surface area (Å²) in [6.45, 7) is 0. The summed E-state index contributed by atoms with van der Waals surface area (Å²) in [4.78, 5) is 0. The van der Waals surface area contributed by atoms with Crippen LogP contribution in [-0.2, 0) is 0 Å². The maximum atomic E-state index is 9.62. The standard InChI is InChI=1S/C37H21NOS/c38-22-23-6-5-7-26(18-23)32-19-24(25-14-17-37-33(20-25)31-9-2-4-11-36(31)40-37)12-15-28(32)27-13-16-30-29-8-1-3-10-34(29)39-35(30)21-27/h1-21H. The van der Waals surface area contributed by atoms with Gasteiger partial charge in [0.2, 0.25) is 0 Å². The van der Waals surface area contributed by atoms with Gasteiger partial charge >= 0.3 is 0 Å². The van der Waals surface area contributed by atoms with Gasteiger partial charge in [0.1, 0.15) is 11.2 Å². The van der Waals surface area contributed by atoms with Gasteiger partial charge in [-0.1, -0.05) is 72.8 Å². The minimum absolute atomic E-state index is 0.646. The van der Waals surface area contributed by atoms with E-state index in [1.54, 1.807) is 0 Å². The van der Waals surface area contributed by atoms with Gasteiger partial charge in [-0.05, 0) is 88.0 Å². The molecule has 0 aliphatic heterocycles. The fraction of sp³-hybridized carbons (Fsp3) is 0. The Kier molecular flexibility index (Phi) is 5.10. The molecule has 0 radical (unpaired) electrons. The molecule has 0 bridgehead atoms. The van der Waals surface area contributed by atoms with Gasteiger partial charge in [-0.2, -0.15) is 5.26 Å². The molecule has 0 N–H and O–H groups in total. The summed E-state index contributed by atoms with van der Waals surface area (Å²) in [5, 5.41) is 14.4. The largest absolute Gasteiger partial charge is 0.456 e. The molecule has 0 saturated carbocycles. The number of thiophene rings is 1. The molecule has 8 rings (SSSR count). The zero-order valence-electron chi connectivity index (χ0n) is 21.4. The lowest BCUT2D eigenvalue weighted by Crippen LogP contribution is -1.89. The summed E-state index contributed by atoms with van der Waals surface area (Å²) in [6, 6.07) is 46.8. The SMILES string of the molecule is N#Cc1cccc(-c2cc(-c3ccc4sc5ccccc5c4c3)ccc2-c2ccc3c(c2)oc2ccccc23)c1. The van der Waals surface area contributed by atoms with Crippen molar-refractivity contribution in [3.05, 3.63) is 133 Å². The number of fused-ring (bicyclic) bond motifs is 6. The number of benzene rings is 6. The fourth-order valence-corrected chi connectivity index (χ4v) is 6.86. The van der Waals surface area contributed by atoms with Crippen molar-refractivity contribution in [3.63, 3.8) is 0 Å². The quantitative estimate of drug-likeness (QED) is 0.229. The van der Waals surface area contributed by atoms with Crippen molar-refractivity contribution in [2.75, 3.05) is 0 Å². The lowest BCUT2D eigenvalue weighted by Gasteiger charge is -2.14. The predicted molar refractivity (Wildman–Crippen MR) is 168 cm³/mol. The summed E-state index contributed by atoms with van der Waals surface area (Å²) < 4.78 is 8.82. The van der Waals surface area contributed by atoms with Gasteiger partial charge in [0, 0.05) is 30.9 Å². The van der Waals surface area contributed by atoms with E-state index in [2.05, 4.69) is 97.1 Å². The first-order chi connectivity index (χ1) is 19.7. The Morgan fingerprint density at radius 2 is 1.20 bits per heavy atom. The first-order valence-corrected chi connectivity index (χ1v) is 14.0. The van der Waals surface area contributed by atoms with Crippen molar-refractivity contribution in [1.82, 2.24) is 0 Å². The molecule has 2 heterocycles. The molecule has 0 amide bonds. The molecule has 0 atom stereocenters. The van der Waals surface area contributed by atoms with Crippen LogP contribution in [0.15, 0.2) is 132 Å². The molecule has 2 aromatic heterocycles. The Morgan fingerprint density at radius 3 is 2.12 bits per heavy atom. The molecule has 0 spiro atoms. The first-order valence-electron chi connectivity index (χ1n) is 13.2. The van der Waals surface area contributed by atoms with E-state index in [0.717, 1.165) is 49.8 Å². The van der Waals surface area contributed by atoms with Crippen LogP contribution in [0.25, 0.3) is 75.5 Å². The van der Waals surface area contributed by atoms with Gasteiger partial charge < -0.3 is 4.42 Å². The summed E-state index contributed by atoms with van der Waals surface area (Å²) in [5.41, 5.74) is 9.00. The third-order valence-corrected chi connectivity index (χ3v) is 8.87. The number of hydrogen-bond acceptors (Lipinski definition) is 3. The number of nitrogens with zero attached hydrogens (tertiary/aromatic N) is 1. The molecule has 3 heteroatoms. The van der Waals surface area contributed by atoms with Crippen molar-refractivity contribution in [3.8, 4) is 39.4 Å². The predicted octanol–water partition coefficient (Wildman–Crippen LogP) is 10.8. The summed E-state index contributed by atoms with van der Waals surface area (Å²) in [5.74, 6) is 0. The third kappa shape index (κ3) is 3.62. The first kappa shape index (κ1) is 22.8. The molecule has 0 aliphatic carbocycles. The van der Waals surface area contributed by atoms with E-state index in [-0.39, 0.29) is 0 Å². The number of hydrogen-bond donors (Lipinski definition) is 0. The van der Waals surface area contributed by atoms with Crippen LogP contribution >= 0.6 is 11.3 Å². The van der Waals surface area contributed by atoms with Gasteiger partial charge in [0.15, 0.2) is 0 Å². The number of para-hydroxylation sites is 1. The van der Waals surface area contributed by atoms with E-state index >= 15 is 0 Å². The van der Waals surface area contributed by atoms with Gasteiger partial charge in [-0.15, -0.1) is 11.3 Å². The fourth-order valence-electron chi connectivity index (χ4n) is 5.77.